The van der Waals surface area contributed by atoms with Crippen LogP contribution in [0.25, 0.3) is 10.9 Å². The number of pyridine rings is 1. The number of hydrogen-bond donors (Lipinski definition) is 2. The van der Waals surface area contributed by atoms with Crippen molar-refractivity contribution in [3.63, 3.8) is 0 Å². The molecule has 1 saturated heterocycles. The molecule has 0 spiro atoms. The van der Waals surface area contributed by atoms with Gasteiger partial charge in [-0.3, -0.25) is 4.98 Å². The fraction of sp³-hybridized carbons (Fsp3) is 0.438. The fourth-order valence-electron chi connectivity index (χ4n) is 2.67. The van der Waals surface area contributed by atoms with Crippen LogP contribution < -0.4 is 5.32 Å². The Balaban J connectivity index is 1.65. The van der Waals surface area contributed by atoms with Gasteiger partial charge in [-0.15, -0.1) is 0 Å². The predicted octanol–water partition coefficient (Wildman–Crippen LogP) is 1.87. The summed E-state index contributed by atoms with van der Waals surface area (Å²) in [5.41, 5.74) is 1.57. The van der Waals surface area contributed by atoms with Crippen LogP contribution in [-0.4, -0.2) is 35.5 Å². The minimum atomic E-state index is -0.629. The number of aliphatic hydroxyl groups is 1. The normalized spacial score (nSPS) is 18.2. The van der Waals surface area contributed by atoms with Crippen molar-refractivity contribution in [3.8, 4) is 0 Å². The molecule has 0 saturated carbocycles. The van der Waals surface area contributed by atoms with Crippen LogP contribution in [0.4, 0.5) is 0 Å². The molecule has 1 fully saturated rings. The van der Waals surface area contributed by atoms with Crippen LogP contribution in [0.1, 0.15) is 18.4 Å². The van der Waals surface area contributed by atoms with Crippen LogP contribution in [0.2, 0.25) is 0 Å². The average Bonchev–Trinajstić information content (AvgIpc) is 2.48. The highest BCUT2D eigenvalue weighted by Crippen LogP contribution is 2.20. The van der Waals surface area contributed by atoms with Crippen LogP contribution >= 0.6 is 0 Å². The van der Waals surface area contributed by atoms with Gasteiger partial charge < -0.3 is 15.2 Å². The lowest BCUT2D eigenvalue weighted by Gasteiger charge is -2.32. The Morgan fingerprint density at radius 3 is 2.85 bits per heavy atom. The van der Waals surface area contributed by atoms with Crippen molar-refractivity contribution < 1.29 is 9.84 Å². The number of para-hydroxylation sites is 1. The molecule has 20 heavy (non-hydrogen) atoms. The van der Waals surface area contributed by atoms with Gasteiger partial charge in [0.15, 0.2) is 0 Å². The van der Waals surface area contributed by atoms with E-state index in [-0.39, 0.29) is 0 Å². The maximum Gasteiger partial charge on any atom is 0.0815 e. The highest BCUT2D eigenvalue weighted by atomic mass is 16.5. The van der Waals surface area contributed by atoms with Gasteiger partial charge in [-0.1, -0.05) is 24.3 Å². The molecule has 1 aliphatic rings. The molecule has 0 bridgehead atoms. The van der Waals surface area contributed by atoms with E-state index in [9.17, 15) is 5.11 Å². The van der Waals surface area contributed by atoms with Gasteiger partial charge >= 0.3 is 0 Å². The van der Waals surface area contributed by atoms with Crippen molar-refractivity contribution >= 4 is 10.9 Å². The van der Waals surface area contributed by atoms with Crippen molar-refractivity contribution in [2.75, 3.05) is 19.8 Å². The minimum Gasteiger partial charge on any atom is -0.388 e. The number of nitrogens with zero attached hydrogens (tertiary/aromatic N) is 1. The molecule has 0 unspecified atom stereocenters. The Kier molecular flexibility index (Phi) is 3.96. The summed E-state index contributed by atoms with van der Waals surface area (Å²) < 4.78 is 5.29. The molecule has 1 aliphatic heterocycles. The number of benzene rings is 1. The Labute approximate surface area is 118 Å². The molecule has 4 nitrogen and oxygen atoms in total. The quantitative estimate of drug-likeness (QED) is 0.892. The van der Waals surface area contributed by atoms with Gasteiger partial charge in [0.1, 0.15) is 0 Å². The first kappa shape index (κ1) is 13.5. The lowest BCUT2D eigenvalue weighted by atomic mass is 9.94. The van der Waals surface area contributed by atoms with E-state index in [0.717, 1.165) is 17.4 Å². The lowest BCUT2D eigenvalue weighted by molar-refractivity contribution is -0.0616. The average molecular weight is 272 g/mol. The van der Waals surface area contributed by atoms with E-state index in [4.69, 9.17) is 4.74 Å². The summed E-state index contributed by atoms with van der Waals surface area (Å²) in [6.07, 6.45) is 3.22. The lowest BCUT2D eigenvalue weighted by Crippen LogP contribution is -2.44. The Bertz CT molecular complexity index is 574. The van der Waals surface area contributed by atoms with E-state index in [1.165, 1.54) is 5.56 Å². The third-order valence-electron chi connectivity index (χ3n) is 3.91. The van der Waals surface area contributed by atoms with Crippen molar-refractivity contribution in [2.24, 2.45) is 0 Å². The van der Waals surface area contributed by atoms with E-state index in [2.05, 4.69) is 28.5 Å². The monoisotopic (exact) mass is 272 g/mol. The summed E-state index contributed by atoms with van der Waals surface area (Å²) in [6.45, 7) is 2.61. The highest BCUT2D eigenvalue weighted by Gasteiger charge is 2.29. The van der Waals surface area contributed by atoms with Crippen molar-refractivity contribution in [1.29, 1.82) is 0 Å². The summed E-state index contributed by atoms with van der Waals surface area (Å²) >= 11 is 0. The van der Waals surface area contributed by atoms with Gasteiger partial charge in [0.05, 0.1) is 11.1 Å². The standard InChI is InChI=1S/C16H20N2O2/c19-16(6-9-20-10-7-16)12-17-11-14-4-1-3-13-5-2-8-18-15(13)14/h1-5,8,17,19H,6-7,9-12H2. The summed E-state index contributed by atoms with van der Waals surface area (Å²) in [6, 6.07) is 10.2. The molecule has 3 rings (SSSR count). The zero-order chi connectivity index (χ0) is 13.8. The largest absolute Gasteiger partial charge is 0.388 e. The van der Waals surface area contributed by atoms with Gasteiger partial charge in [-0.05, 0) is 11.6 Å². The number of ether oxygens (including phenoxy) is 1. The molecule has 0 atom stereocenters. The molecule has 1 aromatic heterocycles. The van der Waals surface area contributed by atoms with E-state index >= 15 is 0 Å². The second kappa shape index (κ2) is 5.87. The summed E-state index contributed by atoms with van der Waals surface area (Å²) in [5.74, 6) is 0. The summed E-state index contributed by atoms with van der Waals surface area (Å²) in [4.78, 5) is 4.44. The van der Waals surface area contributed by atoms with E-state index in [0.29, 0.717) is 32.6 Å². The second-order valence-corrected chi connectivity index (χ2v) is 5.43. The smallest absolute Gasteiger partial charge is 0.0815 e. The Morgan fingerprint density at radius 1 is 1.20 bits per heavy atom. The molecule has 2 heterocycles. The molecule has 106 valence electrons. The maximum atomic E-state index is 10.4. The number of rotatable bonds is 4. The van der Waals surface area contributed by atoms with Crippen LogP contribution in [-0.2, 0) is 11.3 Å². The van der Waals surface area contributed by atoms with Crippen molar-refractivity contribution in [3.05, 3.63) is 42.1 Å². The zero-order valence-corrected chi connectivity index (χ0v) is 11.5. The van der Waals surface area contributed by atoms with E-state index < -0.39 is 5.60 Å². The molecule has 4 heteroatoms. The third-order valence-corrected chi connectivity index (χ3v) is 3.91. The molecule has 0 aliphatic carbocycles. The summed E-state index contributed by atoms with van der Waals surface area (Å²) in [7, 11) is 0. The van der Waals surface area contributed by atoms with Crippen LogP contribution in [0.5, 0.6) is 0 Å². The SMILES string of the molecule is OC1(CNCc2cccc3cccnc23)CCOCC1. The van der Waals surface area contributed by atoms with Crippen LogP contribution in [0.15, 0.2) is 36.5 Å². The first-order valence-corrected chi connectivity index (χ1v) is 7.10. The van der Waals surface area contributed by atoms with Gasteiger partial charge in [0.25, 0.3) is 0 Å². The van der Waals surface area contributed by atoms with Crippen LogP contribution in [0, 0.1) is 0 Å². The first-order chi connectivity index (χ1) is 9.77. The maximum absolute atomic E-state index is 10.4. The highest BCUT2D eigenvalue weighted by molar-refractivity contribution is 5.81. The topological polar surface area (TPSA) is 54.4 Å². The molecule has 2 N–H and O–H groups in total. The fourth-order valence-corrected chi connectivity index (χ4v) is 2.67. The summed E-state index contributed by atoms with van der Waals surface area (Å²) in [5, 5.41) is 14.9. The van der Waals surface area contributed by atoms with Crippen molar-refractivity contribution in [1.82, 2.24) is 10.3 Å². The predicted molar refractivity (Wildman–Crippen MR) is 78.5 cm³/mol. The van der Waals surface area contributed by atoms with E-state index in [1.807, 2.05) is 18.3 Å². The van der Waals surface area contributed by atoms with Gasteiger partial charge in [-0.25, -0.2) is 0 Å². The zero-order valence-electron chi connectivity index (χ0n) is 11.5. The molecule has 0 radical (unpaired) electrons. The second-order valence-electron chi connectivity index (χ2n) is 5.43. The number of aromatic nitrogens is 1. The Hall–Kier alpha value is -1.49. The van der Waals surface area contributed by atoms with E-state index in [1.54, 1.807) is 0 Å². The molecule has 0 amide bonds. The van der Waals surface area contributed by atoms with Gasteiger partial charge in [0, 0.05) is 50.7 Å². The first-order valence-electron chi connectivity index (χ1n) is 7.10. The minimum absolute atomic E-state index is 0.597. The Morgan fingerprint density at radius 2 is 2.00 bits per heavy atom. The van der Waals surface area contributed by atoms with Crippen LogP contribution in [0.3, 0.4) is 0 Å². The van der Waals surface area contributed by atoms with Gasteiger partial charge in [0.2, 0.25) is 0 Å². The number of fused-ring (bicyclic) bond motifs is 1. The molecule has 2 aromatic rings. The third kappa shape index (κ3) is 2.98. The molecular weight excluding hydrogens is 252 g/mol. The molecule has 1 aromatic carbocycles. The van der Waals surface area contributed by atoms with Gasteiger partial charge in [-0.2, -0.15) is 0 Å². The van der Waals surface area contributed by atoms with Crippen molar-refractivity contribution in [2.45, 2.75) is 25.0 Å². The number of nitrogens with one attached hydrogen (secondary N) is 1. The number of hydrogen-bond acceptors (Lipinski definition) is 4. The molecular formula is C16H20N2O2.